The lowest BCUT2D eigenvalue weighted by molar-refractivity contribution is -0.139. The van der Waals surface area contributed by atoms with Crippen LogP contribution in [0.2, 0.25) is 0 Å². The molecular weight excluding hydrogens is 326 g/mol. The maximum Gasteiger partial charge on any atom is 0.325 e. The van der Waals surface area contributed by atoms with Crippen molar-refractivity contribution in [2.75, 3.05) is 21.3 Å². The van der Waals surface area contributed by atoms with E-state index in [1.54, 1.807) is 24.3 Å². The molecule has 7 heteroatoms. The van der Waals surface area contributed by atoms with Crippen molar-refractivity contribution in [1.29, 1.82) is 0 Å². The van der Waals surface area contributed by atoms with E-state index in [0.29, 0.717) is 22.8 Å². The number of ether oxygens (including phenoxy) is 3. The van der Waals surface area contributed by atoms with Gasteiger partial charge in [-0.3, -0.25) is 10.1 Å². The molecule has 0 bridgehead atoms. The van der Waals surface area contributed by atoms with Gasteiger partial charge in [-0.05, 0) is 35.4 Å². The molecule has 0 amide bonds. The molecule has 1 unspecified atom stereocenters. The van der Waals surface area contributed by atoms with E-state index in [1.807, 2.05) is 0 Å². The zero-order chi connectivity index (χ0) is 18.4. The quantitative estimate of drug-likeness (QED) is 0.674. The molecule has 0 aliphatic heterocycles. The van der Waals surface area contributed by atoms with Crippen LogP contribution >= 0.6 is 0 Å². The van der Waals surface area contributed by atoms with E-state index < -0.39 is 12.0 Å². The Morgan fingerprint density at radius 2 is 1.72 bits per heavy atom. The van der Waals surface area contributed by atoms with Crippen LogP contribution in [0.15, 0.2) is 36.4 Å². The van der Waals surface area contributed by atoms with Crippen molar-refractivity contribution in [3.8, 4) is 23.0 Å². The molecule has 2 rings (SSSR count). The minimum absolute atomic E-state index is 0.0123. The summed E-state index contributed by atoms with van der Waals surface area (Å²) in [5.74, 6) is 0.415. The Kier molecular flexibility index (Phi) is 6.08. The smallest absolute Gasteiger partial charge is 0.325 e. The molecule has 0 spiro atoms. The summed E-state index contributed by atoms with van der Waals surface area (Å²) in [6.45, 7) is 0.253. The fourth-order valence-corrected chi connectivity index (χ4v) is 2.51. The lowest BCUT2D eigenvalue weighted by atomic mass is 10.1. The van der Waals surface area contributed by atoms with Gasteiger partial charge in [-0.15, -0.1) is 0 Å². The standard InChI is InChI=1S/C18H21NO6/c1-23-14-7-11(8-15(24-2)17(14)25-3)10-19-16(18(21)22)12-5-4-6-13(20)9-12/h4-9,16,19-20H,10H2,1-3H3,(H,21,22). The third-order valence-electron chi connectivity index (χ3n) is 3.69. The molecule has 3 N–H and O–H groups in total. The first-order chi connectivity index (χ1) is 12.0. The molecule has 0 radical (unpaired) electrons. The van der Waals surface area contributed by atoms with Gasteiger partial charge in [0.25, 0.3) is 0 Å². The molecule has 0 aliphatic rings. The Balaban J connectivity index is 2.24. The van der Waals surface area contributed by atoms with E-state index in [-0.39, 0.29) is 12.3 Å². The summed E-state index contributed by atoms with van der Waals surface area (Å²) in [7, 11) is 4.54. The zero-order valence-corrected chi connectivity index (χ0v) is 14.3. The topological polar surface area (TPSA) is 97.3 Å². The van der Waals surface area contributed by atoms with Crippen LogP contribution in [0.4, 0.5) is 0 Å². The molecule has 2 aromatic carbocycles. The molecule has 0 fully saturated rings. The molecular formula is C18H21NO6. The number of phenolic OH excluding ortho intramolecular Hbond substituents is 1. The first-order valence-electron chi connectivity index (χ1n) is 7.54. The average molecular weight is 347 g/mol. The van der Waals surface area contributed by atoms with Gasteiger partial charge in [0, 0.05) is 6.54 Å². The Labute approximate surface area is 145 Å². The van der Waals surface area contributed by atoms with E-state index in [9.17, 15) is 15.0 Å². The molecule has 7 nitrogen and oxygen atoms in total. The maximum absolute atomic E-state index is 11.6. The van der Waals surface area contributed by atoms with E-state index >= 15 is 0 Å². The van der Waals surface area contributed by atoms with Crippen LogP contribution in [-0.4, -0.2) is 37.5 Å². The van der Waals surface area contributed by atoms with Gasteiger partial charge >= 0.3 is 5.97 Å². The Morgan fingerprint density at radius 3 is 2.20 bits per heavy atom. The highest BCUT2D eigenvalue weighted by molar-refractivity contribution is 5.75. The van der Waals surface area contributed by atoms with Gasteiger partial charge in [0.2, 0.25) is 5.75 Å². The van der Waals surface area contributed by atoms with Gasteiger partial charge < -0.3 is 24.4 Å². The minimum atomic E-state index is -1.04. The number of aromatic hydroxyl groups is 1. The number of methoxy groups -OCH3 is 3. The van der Waals surface area contributed by atoms with Crippen LogP contribution in [0, 0.1) is 0 Å². The highest BCUT2D eigenvalue weighted by atomic mass is 16.5. The number of hydrogen-bond donors (Lipinski definition) is 3. The van der Waals surface area contributed by atoms with Crippen LogP contribution < -0.4 is 19.5 Å². The lowest BCUT2D eigenvalue weighted by Crippen LogP contribution is -2.28. The molecule has 0 saturated carbocycles. The lowest BCUT2D eigenvalue weighted by Gasteiger charge is -2.17. The van der Waals surface area contributed by atoms with E-state index in [4.69, 9.17) is 14.2 Å². The van der Waals surface area contributed by atoms with E-state index in [0.717, 1.165) is 5.56 Å². The summed E-state index contributed by atoms with van der Waals surface area (Å²) in [6.07, 6.45) is 0. The van der Waals surface area contributed by atoms with Crippen molar-refractivity contribution in [3.63, 3.8) is 0 Å². The number of nitrogens with one attached hydrogen (secondary N) is 1. The van der Waals surface area contributed by atoms with Crippen molar-refractivity contribution >= 4 is 5.97 Å². The zero-order valence-electron chi connectivity index (χ0n) is 14.3. The second kappa shape index (κ2) is 8.25. The highest BCUT2D eigenvalue weighted by Crippen LogP contribution is 2.38. The number of carboxylic acids is 1. The van der Waals surface area contributed by atoms with Gasteiger partial charge in [0.15, 0.2) is 11.5 Å². The fraction of sp³-hybridized carbons (Fsp3) is 0.278. The maximum atomic E-state index is 11.6. The van der Waals surface area contributed by atoms with Gasteiger partial charge in [-0.2, -0.15) is 0 Å². The summed E-state index contributed by atoms with van der Waals surface area (Å²) < 4.78 is 15.9. The minimum Gasteiger partial charge on any atom is -0.508 e. The number of benzene rings is 2. The number of aliphatic carboxylic acids is 1. The van der Waals surface area contributed by atoms with Crippen LogP contribution in [0.5, 0.6) is 23.0 Å². The molecule has 0 aromatic heterocycles. The molecule has 25 heavy (non-hydrogen) atoms. The van der Waals surface area contributed by atoms with Crippen LogP contribution in [0.3, 0.4) is 0 Å². The summed E-state index contributed by atoms with van der Waals surface area (Å²) in [6, 6.07) is 8.67. The van der Waals surface area contributed by atoms with Crippen LogP contribution in [0.25, 0.3) is 0 Å². The normalized spacial score (nSPS) is 11.6. The number of rotatable bonds is 8. The van der Waals surface area contributed by atoms with E-state index in [1.165, 1.54) is 33.5 Å². The van der Waals surface area contributed by atoms with Crippen molar-refractivity contribution in [2.45, 2.75) is 12.6 Å². The SMILES string of the molecule is COc1cc(CNC(C(=O)O)c2cccc(O)c2)cc(OC)c1OC. The van der Waals surface area contributed by atoms with Crippen LogP contribution in [-0.2, 0) is 11.3 Å². The molecule has 0 aliphatic carbocycles. The van der Waals surface area contributed by atoms with Crippen molar-refractivity contribution in [1.82, 2.24) is 5.32 Å². The predicted molar refractivity (Wildman–Crippen MR) is 91.4 cm³/mol. The predicted octanol–water partition coefficient (Wildman–Crippen LogP) is 2.33. The Hall–Kier alpha value is -2.93. The number of carbonyl (C=O) groups is 1. The van der Waals surface area contributed by atoms with Gasteiger partial charge in [0.05, 0.1) is 21.3 Å². The van der Waals surface area contributed by atoms with Crippen LogP contribution in [0.1, 0.15) is 17.2 Å². The number of carboxylic acid groups (broad SMARTS) is 1. The first kappa shape index (κ1) is 18.4. The highest BCUT2D eigenvalue weighted by Gasteiger charge is 2.20. The molecule has 2 aromatic rings. The molecule has 0 heterocycles. The number of phenols is 1. The third-order valence-corrected chi connectivity index (χ3v) is 3.69. The first-order valence-corrected chi connectivity index (χ1v) is 7.54. The van der Waals surface area contributed by atoms with Gasteiger partial charge in [-0.25, -0.2) is 0 Å². The van der Waals surface area contributed by atoms with Crippen molar-refractivity contribution < 1.29 is 29.2 Å². The summed E-state index contributed by atoms with van der Waals surface area (Å²) >= 11 is 0. The monoisotopic (exact) mass is 347 g/mol. The summed E-state index contributed by atoms with van der Waals surface area (Å²) in [5, 5.41) is 22.0. The molecule has 0 saturated heterocycles. The average Bonchev–Trinajstić information content (AvgIpc) is 2.60. The van der Waals surface area contributed by atoms with Crippen molar-refractivity contribution in [2.24, 2.45) is 0 Å². The Morgan fingerprint density at radius 1 is 1.08 bits per heavy atom. The summed E-state index contributed by atoms with van der Waals surface area (Å²) in [4.78, 5) is 11.6. The number of hydrogen-bond acceptors (Lipinski definition) is 6. The van der Waals surface area contributed by atoms with Crippen molar-refractivity contribution in [3.05, 3.63) is 47.5 Å². The molecule has 134 valence electrons. The third kappa shape index (κ3) is 4.33. The summed E-state index contributed by atoms with van der Waals surface area (Å²) in [5.41, 5.74) is 1.22. The second-order valence-electron chi connectivity index (χ2n) is 5.28. The largest absolute Gasteiger partial charge is 0.508 e. The second-order valence-corrected chi connectivity index (χ2v) is 5.28. The fourth-order valence-electron chi connectivity index (χ4n) is 2.51. The molecule has 1 atom stereocenters. The van der Waals surface area contributed by atoms with Gasteiger partial charge in [0.1, 0.15) is 11.8 Å². The van der Waals surface area contributed by atoms with E-state index in [2.05, 4.69) is 5.32 Å². The van der Waals surface area contributed by atoms with Gasteiger partial charge in [-0.1, -0.05) is 12.1 Å². The Bertz CT molecular complexity index is 721.